The number of hydrogen-bond donors (Lipinski definition) is 4. The van der Waals surface area contributed by atoms with Gasteiger partial charge in [0.15, 0.2) is 0 Å². The number of aliphatic carboxylic acids is 2. The van der Waals surface area contributed by atoms with Crippen LogP contribution in [0.1, 0.15) is 107 Å². The molecule has 0 radical (unpaired) electrons. The van der Waals surface area contributed by atoms with Crippen LogP contribution in [0, 0.1) is 0 Å². The van der Waals surface area contributed by atoms with Gasteiger partial charge in [0.05, 0.1) is 0 Å². The number of rotatable bonds is 9. The van der Waals surface area contributed by atoms with E-state index in [4.69, 9.17) is 0 Å². The molecule has 0 unspecified atom stereocenters. The molecule has 2 rings (SSSR count). The minimum Gasteiger partial charge on any atom is -0.507 e. The van der Waals surface area contributed by atoms with Gasteiger partial charge < -0.3 is 20.4 Å². The molecular formula is C29H40O6. The van der Waals surface area contributed by atoms with E-state index in [1.807, 2.05) is 72.7 Å². The van der Waals surface area contributed by atoms with Crippen LogP contribution in [0.3, 0.4) is 0 Å². The van der Waals surface area contributed by atoms with Crippen LogP contribution < -0.4 is 0 Å². The van der Waals surface area contributed by atoms with Crippen molar-refractivity contribution in [2.75, 3.05) is 0 Å². The maximum atomic E-state index is 11.4. The lowest BCUT2D eigenvalue weighted by Crippen LogP contribution is -2.16. The van der Waals surface area contributed by atoms with Crippen LogP contribution >= 0.6 is 0 Å². The first kappa shape index (κ1) is 28.2. The zero-order chi connectivity index (χ0) is 26.7. The number of aromatic hydroxyl groups is 2. The Kier molecular flexibility index (Phi) is 8.64. The van der Waals surface area contributed by atoms with Gasteiger partial charge >= 0.3 is 11.9 Å². The van der Waals surface area contributed by atoms with Crippen LogP contribution in [-0.4, -0.2) is 32.4 Å². The fourth-order valence-corrected chi connectivity index (χ4v) is 4.51. The maximum absolute atomic E-state index is 11.4. The van der Waals surface area contributed by atoms with Crippen molar-refractivity contribution in [1.82, 2.24) is 0 Å². The molecule has 0 bridgehead atoms. The SMILES string of the molecule is CCC(c1cc(CCC(=O)O)cc(C(C)(C)C)c1O)c1cc(CCC(=O)O)cc(C(C)(C)C)c1O. The van der Waals surface area contributed by atoms with Gasteiger partial charge in [0.1, 0.15) is 11.5 Å². The normalized spacial score (nSPS) is 12.2. The van der Waals surface area contributed by atoms with Crippen LogP contribution in [0.2, 0.25) is 0 Å². The minimum absolute atomic E-state index is 0.0192. The number of hydrogen-bond acceptors (Lipinski definition) is 4. The lowest BCUT2D eigenvalue weighted by Gasteiger charge is -2.29. The van der Waals surface area contributed by atoms with Crippen molar-refractivity contribution in [3.63, 3.8) is 0 Å². The van der Waals surface area contributed by atoms with Crippen molar-refractivity contribution >= 4 is 11.9 Å². The van der Waals surface area contributed by atoms with Gasteiger partial charge in [0.2, 0.25) is 0 Å². The van der Waals surface area contributed by atoms with E-state index < -0.39 is 11.9 Å². The molecule has 0 fully saturated rings. The van der Waals surface area contributed by atoms with Gasteiger partial charge in [-0.25, -0.2) is 0 Å². The van der Waals surface area contributed by atoms with Gasteiger partial charge in [-0.05, 0) is 52.3 Å². The molecule has 0 atom stereocenters. The number of benzene rings is 2. The first-order valence-electron chi connectivity index (χ1n) is 12.2. The zero-order valence-electron chi connectivity index (χ0n) is 22.0. The molecule has 0 saturated heterocycles. The summed E-state index contributed by atoms with van der Waals surface area (Å²) in [7, 11) is 0. The first-order valence-corrected chi connectivity index (χ1v) is 12.2. The average molecular weight is 485 g/mol. The molecule has 0 spiro atoms. The molecule has 6 nitrogen and oxygen atoms in total. The summed E-state index contributed by atoms with van der Waals surface area (Å²) in [6.07, 6.45) is 1.21. The second-order valence-corrected chi connectivity index (χ2v) is 11.4. The summed E-state index contributed by atoms with van der Waals surface area (Å²) in [6.45, 7) is 14.0. The van der Waals surface area contributed by atoms with Crippen LogP contribution in [0.5, 0.6) is 11.5 Å². The Labute approximate surface area is 208 Å². The molecule has 35 heavy (non-hydrogen) atoms. The highest BCUT2D eigenvalue weighted by Crippen LogP contribution is 2.46. The van der Waals surface area contributed by atoms with E-state index in [-0.39, 0.29) is 41.1 Å². The van der Waals surface area contributed by atoms with Crippen molar-refractivity contribution in [1.29, 1.82) is 0 Å². The van der Waals surface area contributed by atoms with Crippen molar-refractivity contribution in [2.24, 2.45) is 0 Å². The Morgan fingerprint density at radius 3 is 1.31 bits per heavy atom. The van der Waals surface area contributed by atoms with Gasteiger partial charge in [-0.3, -0.25) is 9.59 Å². The Bertz CT molecular complexity index is 1000. The molecule has 0 aliphatic carbocycles. The average Bonchev–Trinajstić information content (AvgIpc) is 2.72. The predicted molar refractivity (Wildman–Crippen MR) is 138 cm³/mol. The molecule has 192 valence electrons. The zero-order valence-corrected chi connectivity index (χ0v) is 22.0. The molecule has 0 aliphatic heterocycles. The molecule has 0 aromatic heterocycles. The number of phenols is 2. The van der Waals surface area contributed by atoms with Gasteiger partial charge in [0.25, 0.3) is 0 Å². The number of phenolic OH excluding ortho intramolecular Hbond substituents is 2. The Hall–Kier alpha value is -3.02. The van der Waals surface area contributed by atoms with Crippen LogP contribution in [0.25, 0.3) is 0 Å². The molecule has 0 heterocycles. The van der Waals surface area contributed by atoms with Gasteiger partial charge in [-0.1, -0.05) is 72.7 Å². The third kappa shape index (κ3) is 7.00. The summed E-state index contributed by atoms with van der Waals surface area (Å²) in [5, 5.41) is 41.2. The van der Waals surface area contributed by atoms with Crippen LogP contribution in [-0.2, 0) is 33.3 Å². The second-order valence-electron chi connectivity index (χ2n) is 11.4. The van der Waals surface area contributed by atoms with E-state index in [9.17, 15) is 30.0 Å². The first-order chi connectivity index (χ1) is 16.1. The standard InChI is InChI=1S/C29H40O6/c1-8-19(20-13-17(9-11-24(30)31)15-22(26(20)34)28(2,3)4)21-14-18(10-12-25(32)33)16-23(27(21)35)29(5,6)7/h13-16,19,34-35H,8-12H2,1-7H3,(H,30,31)(H,32,33). The summed E-state index contributed by atoms with van der Waals surface area (Å²) in [4.78, 5) is 22.4. The quantitative estimate of drug-likeness (QED) is 0.333. The lowest BCUT2D eigenvalue weighted by molar-refractivity contribution is -0.138. The molecule has 0 amide bonds. The summed E-state index contributed by atoms with van der Waals surface area (Å²) in [5.41, 5.74) is 3.63. The van der Waals surface area contributed by atoms with Crippen molar-refractivity contribution in [3.05, 3.63) is 57.6 Å². The van der Waals surface area contributed by atoms with E-state index in [1.54, 1.807) is 0 Å². The summed E-state index contributed by atoms with van der Waals surface area (Å²) in [5.74, 6) is -1.83. The van der Waals surface area contributed by atoms with Crippen molar-refractivity contribution < 1.29 is 30.0 Å². The van der Waals surface area contributed by atoms with Gasteiger partial charge in [-0.2, -0.15) is 0 Å². The fraction of sp³-hybridized carbons (Fsp3) is 0.517. The van der Waals surface area contributed by atoms with E-state index in [2.05, 4.69) is 0 Å². The number of carbonyl (C=O) groups is 2. The van der Waals surface area contributed by atoms with Crippen molar-refractivity contribution in [3.8, 4) is 11.5 Å². The Morgan fingerprint density at radius 1 is 0.714 bits per heavy atom. The summed E-state index contributed by atoms with van der Waals surface area (Å²) < 4.78 is 0. The monoisotopic (exact) mass is 484 g/mol. The summed E-state index contributed by atoms with van der Waals surface area (Å²) in [6, 6.07) is 7.44. The third-order valence-electron chi connectivity index (χ3n) is 6.43. The number of aryl methyl sites for hydroxylation is 2. The maximum Gasteiger partial charge on any atom is 0.303 e. The van der Waals surface area contributed by atoms with Crippen LogP contribution in [0.15, 0.2) is 24.3 Å². The molecule has 0 aliphatic rings. The van der Waals surface area contributed by atoms with Gasteiger partial charge in [-0.15, -0.1) is 0 Å². The van der Waals surface area contributed by atoms with Crippen molar-refractivity contribution in [2.45, 2.75) is 97.3 Å². The second kappa shape index (κ2) is 10.7. The molecule has 0 saturated carbocycles. The third-order valence-corrected chi connectivity index (χ3v) is 6.43. The molecule has 2 aromatic rings. The molecule has 2 aromatic carbocycles. The Morgan fingerprint density at radius 2 is 1.06 bits per heavy atom. The topological polar surface area (TPSA) is 115 Å². The van der Waals surface area contributed by atoms with E-state index in [0.29, 0.717) is 30.4 Å². The largest absolute Gasteiger partial charge is 0.507 e. The molecular weight excluding hydrogens is 444 g/mol. The fourth-order valence-electron chi connectivity index (χ4n) is 4.51. The Balaban J connectivity index is 2.79. The highest BCUT2D eigenvalue weighted by molar-refractivity contribution is 5.68. The number of carboxylic acids is 2. The van der Waals surface area contributed by atoms with E-state index in [0.717, 1.165) is 22.3 Å². The van der Waals surface area contributed by atoms with Gasteiger partial charge in [0, 0.05) is 29.9 Å². The van der Waals surface area contributed by atoms with E-state index in [1.165, 1.54) is 0 Å². The minimum atomic E-state index is -0.887. The van der Waals surface area contributed by atoms with Crippen LogP contribution in [0.4, 0.5) is 0 Å². The smallest absolute Gasteiger partial charge is 0.303 e. The highest BCUT2D eigenvalue weighted by atomic mass is 16.4. The molecule has 4 N–H and O–H groups in total. The number of carboxylic acid groups (broad SMARTS) is 2. The predicted octanol–water partition coefficient (Wildman–Crippen LogP) is 6.27. The highest BCUT2D eigenvalue weighted by Gasteiger charge is 2.29. The summed E-state index contributed by atoms with van der Waals surface area (Å²) >= 11 is 0. The van der Waals surface area contributed by atoms with E-state index >= 15 is 0 Å². The molecule has 6 heteroatoms. The lowest BCUT2D eigenvalue weighted by atomic mass is 9.77.